The number of hydrogen-bond donors (Lipinski definition) is 1. The van der Waals surface area contributed by atoms with Gasteiger partial charge in [0.25, 0.3) is 5.91 Å². The molecule has 0 radical (unpaired) electrons. The molecule has 0 aromatic heterocycles. The van der Waals surface area contributed by atoms with Crippen LogP contribution in [0.15, 0.2) is 0 Å². The topological polar surface area (TPSA) is 102 Å². The maximum atomic E-state index is 12.1. The second-order valence-corrected chi connectivity index (χ2v) is 6.64. The first-order valence-electron chi connectivity index (χ1n) is 6.96. The summed E-state index contributed by atoms with van der Waals surface area (Å²) in [6.45, 7) is 3.07. The summed E-state index contributed by atoms with van der Waals surface area (Å²) in [5.41, 5.74) is 0. The van der Waals surface area contributed by atoms with Crippen LogP contribution in [0.25, 0.3) is 0 Å². The predicted octanol–water partition coefficient (Wildman–Crippen LogP) is 0.256. The maximum absolute atomic E-state index is 12.1. The highest BCUT2D eigenvalue weighted by atomic mass is 32.2. The zero-order valence-electron chi connectivity index (χ0n) is 12.4. The van der Waals surface area contributed by atoms with E-state index >= 15 is 0 Å². The van der Waals surface area contributed by atoms with E-state index in [0.29, 0.717) is 18.6 Å². The summed E-state index contributed by atoms with van der Waals surface area (Å²) in [7, 11) is 0. The van der Waals surface area contributed by atoms with Crippen LogP contribution in [0.2, 0.25) is 0 Å². The molecular weight excluding hydrogens is 312 g/mol. The first-order chi connectivity index (χ1) is 10.4. The molecule has 2 rings (SSSR count). The van der Waals surface area contributed by atoms with Gasteiger partial charge in [-0.3, -0.25) is 14.9 Å². The number of esters is 1. The molecule has 2 heterocycles. The highest BCUT2D eigenvalue weighted by molar-refractivity contribution is 8.01. The fourth-order valence-corrected chi connectivity index (χ4v) is 3.96. The molecule has 122 valence electrons. The Hall–Kier alpha value is -1.77. The average molecular weight is 330 g/mol. The lowest BCUT2D eigenvalue weighted by Crippen LogP contribution is -2.47. The highest BCUT2D eigenvalue weighted by Crippen LogP contribution is 2.47. The van der Waals surface area contributed by atoms with Crippen LogP contribution in [0.1, 0.15) is 26.7 Å². The lowest BCUT2D eigenvalue weighted by Gasteiger charge is -2.29. The van der Waals surface area contributed by atoms with Crippen molar-refractivity contribution in [1.29, 1.82) is 0 Å². The number of carbonyl (C=O) groups excluding carboxylic acids is 4. The standard InChI is InChI=1S/C13H18N2O6S/c1-3-20-12(19)14-9(16)6-21-11(18)8-7-22-13(2)5-4-10(17)15(8)13/h8H,3-7H2,1-2H3,(H,14,16,19)/t8-,13-/m1/s1. The third-order valence-electron chi connectivity index (χ3n) is 3.58. The molecular formula is C13H18N2O6S. The van der Waals surface area contributed by atoms with E-state index in [4.69, 9.17) is 4.74 Å². The first-order valence-corrected chi connectivity index (χ1v) is 7.95. The molecule has 2 aliphatic heterocycles. The van der Waals surface area contributed by atoms with Crippen molar-refractivity contribution in [3.8, 4) is 0 Å². The Kier molecular flexibility index (Phi) is 4.94. The van der Waals surface area contributed by atoms with Gasteiger partial charge in [-0.25, -0.2) is 9.59 Å². The number of rotatable bonds is 4. The number of nitrogens with zero attached hydrogens (tertiary/aromatic N) is 1. The molecule has 2 saturated heterocycles. The number of nitrogens with one attached hydrogen (secondary N) is 1. The van der Waals surface area contributed by atoms with Gasteiger partial charge in [0.15, 0.2) is 6.61 Å². The average Bonchev–Trinajstić information content (AvgIpc) is 2.94. The smallest absolute Gasteiger partial charge is 0.413 e. The van der Waals surface area contributed by atoms with Crippen molar-refractivity contribution in [3.63, 3.8) is 0 Å². The van der Waals surface area contributed by atoms with Crippen LogP contribution in [0.3, 0.4) is 0 Å². The quantitative estimate of drug-likeness (QED) is 0.737. The zero-order valence-corrected chi connectivity index (χ0v) is 13.2. The molecule has 2 atom stereocenters. The van der Waals surface area contributed by atoms with Crippen molar-refractivity contribution in [2.45, 2.75) is 37.6 Å². The van der Waals surface area contributed by atoms with Gasteiger partial charge in [0.2, 0.25) is 5.91 Å². The van der Waals surface area contributed by atoms with Crippen LogP contribution in [-0.4, -0.2) is 58.7 Å². The summed E-state index contributed by atoms with van der Waals surface area (Å²) < 4.78 is 9.44. The Morgan fingerprint density at radius 3 is 2.82 bits per heavy atom. The third-order valence-corrected chi connectivity index (χ3v) is 5.08. The molecule has 0 aromatic carbocycles. The van der Waals surface area contributed by atoms with E-state index in [1.54, 1.807) is 11.8 Å². The number of hydrogen-bond acceptors (Lipinski definition) is 7. The number of ether oxygens (including phenoxy) is 2. The van der Waals surface area contributed by atoms with Gasteiger partial charge >= 0.3 is 12.1 Å². The molecule has 3 amide bonds. The second-order valence-electron chi connectivity index (χ2n) is 5.14. The van der Waals surface area contributed by atoms with Crippen LogP contribution in [-0.2, 0) is 23.9 Å². The van der Waals surface area contributed by atoms with E-state index in [9.17, 15) is 19.2 Å². The molecule has 22 heavy (non-hydrogen) atoms. The molecule has 2 fully saturated rings. The number of imide groups is 1. The van der Waals surface area contributed by atoms with Gasteiger partial charge in [0, 0.05) is 12.2 Å². The minimum absolute atomic E-state index is 0.0783. The van der Waals surface area contributed by atoms with Crippen LogP contribution in [0, 0.1) is 0 Å². The monoisotopic (exact) mass is 330 g/mol. The van der Waals surface area contributed by atoms with E-state index in [1.165, 1.54) is 11.8 Å². The van der Waals surface area contributed by atoms with Crippen molar-refractivity contribution in [2.75, 3.05) is 19.0 Å². The lowest BCUT2D eigenvalue weighted by atomic mass is 10.2. The molecule has 1 N–H and O–H groups in total. The van der Waals surface area contributed by atoms with Crippen LogP contribution in [0.4, 0.5) is 4.79 Å². The third kappa shape index (κ3) is 3.34. The molecule has 0 saturated carbocycles. The van der Waals surface area contributed by atoms with Gasteiger partial charge in [-0.15, -0.1) is 11.8 Å². The Balaban J connectivity index is 1.84. The Morgan fingerprint density at radius 2 is 2.14 bits per heavy atom. The normalized spacial score (nSPS) is 26.5. The van der Waals surface area contributed by atoms with E-state index in [0.717, 1.165) is 0 Å². The van der Waals surface area contributed by atoms with Gasteiger partial charge in [0.1, 0.15) is 6.04 Å². The SMILES string of the molecule is CCOC(=O)NC(=O)COC(=O)[C@H]1CS[C@]2(C)CCC(=O)N12. The maximum Gasteiger partial charge on any atom is 0.413 e. The molecule has 0 aliphatic carbocycles. The predicted molar refractivity (Wildman–Crippen MR) is 76.9 cm³/mol. The lowest BCUT2D eigenvalue weighted by molar-refractivity contribution is -0.156. The zero-order chi connectivity index (χ0) is 16.3. The number of amides is 3. The van der Waals surface area contributed by atoms with Crippen molar-refractivity contribution in [3.05, 3.63) is 0 Å². The summed E-state index contributed by atoms with van der Waals surface area (Å²) >= 11 is 1.54. The number of alkyl carbamates (subject to hydrolysis) is 1. The van der Waals surface area contributed by atoms with Crippen molar-refractivity contribution >= 4 is 35.6 Å². The molecule has 0 bridgehead atoms. The summed E-state index contributed by atoms with van der Waals surface area (Å²) in [5, 5.41) is 1.93. The highest BCUT2D eigenvalue weighted by Gasteiger charge is 2.53. The fraction of sp³-hybridized carbons (Fsp3) is 0.692. The summed E-state index contributed by atoms with van der Waals surface area (Å²) in [6, 6.07) is -0.680. The van der Waals surface area contributed by atoms with Crippen LogP contribution in [0.5, 0.6) is 0 Å². The van der Waals surface area contributed by atoms with Crippen LogP contribution >= 0.6 is 11.8 Å². The van der Waals surface area contributed by atoms with Gasteiger partial charge in [-0.1, -0.05) is 0 Å². The Bertz CT molecular complexity index is 511. The molecule has 0 aromatic rings. The Morgan fingerprint density at radius 1 is 1.41 bits per heavy atom. The molecule has 9 heteroatoms. The van der Waals surface area contributed by atoms with Crippen LogP contribution < -0.4 is 5.32 Å². The van der Waals surface area contributed by atoms with Gasteiger partial charge in [-0.2, -0.15) is 0 Å². The molecule has 0 unspecified atom stereocenters. The summed E-state index contributed by atoms with van der Waals surface area (Å²) in [5.74, 6) is -1.04. The van der Waals surface area contributed by atoms with Crippen molar-refractivity contribution < 1.29 is 28.7 Å². The second kappa shape index (κ2) is 6.55. The number of carbonyl (C=O) groups is 4. The summed E-state index contributed by atoms with van der Waals surface area (Å²) in [4.78, 5) is 47.6. The largest absolute Gasteiger partial charge is 0.454 e. The van der Waals surface area contributed by atoms with E-state index in [2.05, 4.69) is 4.74 Å². The molecule has 8 nitrogen and oxygen atoms in total. The van der Waals surface area contributed by atoms with Gasteiger partial charge in [0.05, 0.1) is 11.5 Å². The summed E-state index contributed by atoms with van der Waals surface area (Å²) in [6.07, 6.45) is 0.225. The van der Waals surface area contributed by atoms with E-state index in [-0.39, 0.29) is 17.4 Å². The fourth-order valence-electron chi connectivity index (χ4n) is 2.55. The van der Waals surface area contributed by atoms with Gasteiger partial charge < -0.3 is 14.4 Å². The first kappa shape index (κ1) is 16.6. The minimum atomic E-state index is -0.887. The molecule has 0 spiro atoms. The number of fused-ring (bicyclic) bond motifs is 1. The van der Waals surface area contributed by atoms with Crippen molar-refractivity contribution in [1.82, 2.24) is 10.2 Å². The minimum Gasteiger partial charge on any atom is -0.454 e. The Labute approximate surface area is 131 Å². The number of thioether (sulfide) groups is 1. The van der Waals surface area contributed by atoms with Crippen molar-refractivity contribution in [2.24, 2.45) is 0 Å². The molecule has 2 aliphatic rings. The van der Waals surface area contributed by atoms with E-state index < -0.39 is 30.6 Å². The van der Waals surface area contributed by atoms with Gasteiger partial charge in [-0.05, 0) is 20.3 Å². The van der Waals surface area contributed by atoms with E-state index in [1.807, 2.05) is 12.2 Å².